The molecule has 6 aliphatic carbocycles. The van der Waals surface area contributed by atoms with Crippen LogP contribution < -0.4 is 10.6 Å². The highest BCUT2D eigenvalue weighted by atomic mass is 16.7. The topological polar surface area (TPSA) is 124 Å². The summed E-state index contributed by atoms with van der Waals surface area (Å²) in [6.45, 7) is 9.76. The van der Waals surface area contributed by atoms with Crippen molar-refractivity contribution in [1.29, 1.82) is 0 Å². The molecule has 0 spiro atoms. The minimum atomic E-state index is -0.817. The number of hydrogen-bond donors (Lipinski definition) is 4. The number of aliphatic hydroxyl groups excluding tert-OH is 2. The van der Waals surface area contributed by atoms with Crippen molar-refractivity contribution in [2.75, 3.05) is 40.9 Å². The van der Waals surface area contributed by atoms with E-state index in [2.05, 4.69) is 50.4 Å². The number of methoxy groups -OCH3 is 1. The third kappa shape index (κ3) is 8.42. The molecular weight excluding hydrogens is 656 g/mol. The molecule has 0 aromatic carbocycles. The Morgan fingerprint density at radius 2 is 1.75 bits per heavy atom. The third-order valence-electron chi connectivity index (χ3n) is 15.7. The Balaban J connectivity index is 1.13. The van der Waals surface area contributed by atoms with Crippen molar-refractivity contribution < 1.29 is 29.4 Å². The van der Waals surface area contributed by atoms with E-state index >= 15 is 0 Å². The van der Waals surface area contributed by atoms with Crippen LogP contribution in [0, 0.1) is 58.7 Å². The quantitative estimate of drug-likeness (QED) is 0.209. The zero-order valence-electron chi connectivity index (χ0n) is 33.6. The summed E-state index contributed by atoms with van der Waals surface area (Å²) in [4.78, 5) is 36.7. The summed E-state index contributed by atoms with van der Waals surface area (Å²) in [5.41, 5.74) is 0.323. The second kappa shape index (κ2) is 17.2. The molecule has 0 aromatic rings. The van der Waals surface area contributed by atoms with Gasteiger partial charge in [0.2, 0.25) is 11.8 Å². The molecule has 14 atom stereocenters. The van der Waals surface area contributed by atoms with Gasteiger partial charge in [0.1, 0.15) is 12.1 Å². The number of carbonyl (C=O) groups is 2. The number of hydroxylamine groups is 2. The Labute approximate surface area is 314 Å². The van der Waals surface area contributed by atoms with E-state index in [-0.39, 0.29) is 42.4 Å². The van der Waals surface area contributed by atoms with E-state index in [4.69, 9.17) is 9.57 Å². The van der Waals surface area contributed by atoms with Crippen LogP contribution in [0.3, 0.4) is 0 Å². The fourth-order valence-corrected chi connectivity index (χ4v) is 12.4. The predicted octanol–water partition coefficient (Wildman–Crippen LogP) is 5.01. The minimum Gasteiger partial charge on any atom is -0.394 e. The molecule has 7 fully saturated rings. The first-order valence-corrected chi connectivity index (χ1v) is 21.3. The Bertz CT molecular complexity index is 1190. The van der Waals surface area contributed by atoms with Gasteiger partial charge in [-0.1, -0.05) is 59.3 Å². The van der Waals surface area contributed by atoms with Gasteiger partial charge in [0.05, 0.1) is 18.8 Å². The number of fused-ring (bicyclic) bond motifs is 2. The molecule has 1 heterocycles. The van der Waals surface area contributed by atoms with Crippen LogP contribution in [-0.2, 0) is 19.2 Å². The Morgan fingerprint density at radius 1 is 1.00 bits per heavy atom. The molecular formula is C42H74N4O6. The van der Waals surface area contributed by atoms with Crippen molar-refractivity contribution in [2.24, 2.45) is 58.7 Å². The summed E-state index contributed by atoms with van der Waals surface area (Å²) < 4.78 is 6.40. The second-order valence-electron chi connectivity index (χ2n) is 19.2. The molecule has 52 heavy (non-hydrogen) atoms. The van der Waals surface area contributed by atoms with Crippen molar-refractivity contribution in [2.45, 2.75) is 154 Å². The predicted molar refractivity (Wildman–Crippen MR) is 203 cm³/mol. The van der Waals surface area contributed by atoms with Gasteiger partial charge >= 0.3 is 0 Å². The molecule has 10 nitrogen and oxygen atoms in total. The highest BCUT2D eigenvalue weighted by Gasteiger charge is 2.58. The molecule has 0 aromatic heterocycles. The van der Waals surface area contributed by atoms with Crippen molar-refractivity contribution in [3.05, 3.63) is 0 Å². The minimum absolute atomic E-state index is 0.00119. The van der Waals surface area contributed by atoms with Gasteiger partial charge in [0.15, 0.2) is 0 Å². The summed E-state index contributed by atoms with van der Waals surface area (Å²) >= 11 is 0. The maximum absolute atomic E-state index is 14.3. The normalized spacial score (nSPS) is 41.7. The van der Waals surface area contributed by atoms with E-state index in [1.165, 1.54) is 38.5 Å². The number of rotatable bonds is 13. The molecule has 298 valence electrons. The van der Waals surface area contributed by atoms with E-state index in [9.17, 15) is 19.8 Å². The van der Waals surface area contributed by atoms with Gasteiger partial charge in [0, 0.05) is 50.0 Å². The summed E-state index contributed by atoms with van der Waals surface area (Å²) in [5, 5.41) is 30.0. The molecule has 2 bridgehead atoms. The highest BCUT2D eigenvalue weighted by Crippen LogP contribution is 2.61. The van der Waals surface area contributed by atoms with E-state index in [0.717, 1.165) is 63.8 Å². The lowest BCUT2D eigenvalue weighted by Crippen LogP contribution is -2.62. The lowest BCUT2D eigenvalue weighted by molar-refractivity contribution is -0.193. The van der Waals surface area contributed by atoms with Crippen LogP contribution in [0.15, 0.2) is 0 Å². The molecule has 6 saturated carbocycles. The van der Waals surface area contributed by atoms with Crippen molar-refractivity contribution in [1.82, 2.24) is 20.6 Å². The molecule has 4 N–H and O–H groups in total. The molecule has 7 aliphatic rings. The number of nitrogens with one attached hydrogen (secondary N) is 2. The van der Waals surface area contributed by atoms with Crippen LogP contribution in [0.4, 0.5) is 0 Å². The number of ether oxygens (including phenoxy) is 1. The lowest BCUT2D eigenvalue weighted by atomic mass is 9.45. The van der Waals surface area contributed by atoms with Gasteiger partial charge < -0.3 is 30.5 Å². The number of aliphatic hydroxyl groups is 2. The van der Waals surface area contributed by atoms with E-state index < -0.39 is 24.2 Å². The fourth-order valence-electron chi connectivity index (χ4n) is 12.4. The number of nitrogens with zero attached hydrogens (tertiary/aromatic N) is 2. The monoisotopic (exact) mass is 731 g/mol. The van der Waals surface area contributed by atoms with Gasteiger partial charge in [-0.25, -0.2) is 0 Å². The van der Waals surface area contributed by atoms with Crippen LogP contribution in [0.1, 0.15) is 118 Å². The molecule has 1 aliphatic heterocycles. The smallest absolute Gasteiger partial charge is 0.240 e. The average molecular weight is 731 g/mol. The SMILES string of the molecule is COC1C(CN2O[C@@H](CO)[C@H]([C@H](C)O)C2C(=O)N[C@H]2C[C@H]3C[C@@H]([C@@H]2C)C3(C)C)CCCC1C1CC(C(=O)NCCC2CCCCC2)CC(N(C)C)C1. The first kappa shape index (κ1) is 40.4. The molecule has 7 rings (SSSR count). The molecule has 7 unspecified atom stereocenters. The molecule has 0 radical (unpaired) electrons. The maximum Gasteiger partial charge on any atom is 0.240 e. The number of amides is 2. The van der Waals surface area contributed by atoms with Gasteiger partial charge in [-0.2, -0.15) is 5.06 Å². The summed E-state index contributed by atoms with van der Waals surface area (Å²) in [7, 11) is 6.11. The third-order valence-corrected chi connectivity index (χ3v) is 15.7. The first-order chi connectivity index (χ1) is 24.8. The molecule has 1 saturated heterocycles. The maximum atomic E-state index is 14.3. The van der Waals surface area contributed by atoms with Crippen molar-refractivity contribution in [3.63, 3.8) is 0 Å². The second-order valence-corrected chi connectivity index (χ2v) is 19.2. The standard InChI is InChI=1S/C42H74N4O6/c1-25-34-21-31(42(34,3)4)22-35(25)44-41(50)38-37(26(2)48)36(24-47)52-46(38)23-28-14-11-15-33(39(28)51-7)29-18-30(20-32(19-29)45(5)6)40(49)43-17-16-27-12-9-8-10-13-27/h25-39,47-48H,8-24H2,1-7H3,(H,43,49)(H,44,50)/t25-,26-,28?,29?,30?,31+,32?,33?,34-,35-,36-,37-,38?,39?/m0/s1. The first-order valence-electron chi connectivity index (χ1n) is 21.3. The Morgan fingerprint density at radius 3 is 2.38 bits per heavy atom. The number of hydrogen-bond acceptors (Lipinski definition) is 8. The average Bonchev–Trinajstić information content (AvgIpc) is 3.51. The zero-order valence-corrected chi connectivity index (χ0v) is 33.6. The summed E-state index contributed by atoms with van der Waals surface area (Å²) in [6.07, 6.45) is 14.4. The van der Waals surface area contributed by atoms with Crippen LogP contribution >= 0.6 is 0 Å². The van der Waals surface area contributed by atoms with E-state index in [0.29, 0.717) is 47.6 Å². The summed E-state index contributed by atoms with van der Waals surface area (Å²) in [6, 6.07) is -0.243. The fraction of sp³-hybridized carbons (Fsp3) is 0.952. The summed E-state index contributed by atoms with van der Waals surface area (Å²) in [5.74, 6) is 2.74. The van der Waals surface area contributed by atoms with Gasteiger partial charge in [-0.3, -0.25) is 14.4 Å². The van der Waals surface area contributed by atoms with Crippen LogP contribution in [0.2, 0.25) is 0 Å². The Hall–Kier alpha value is -1.30. The van der Waals surface area contributed by atoms with Gasteiger partial charge in [0.25, 0.3) is 0 Å². The van der Waals surface area contributed by atoms with Crippen LogP contribution in [-0.4, -0.2) is 109 Å². The number of carbonyl (C=O) groups excluding carboxylic acids is 2. The zero-order chi connectivity index (χ0) is 37.3. The molecule has 2 amide bonds. The van der Waals surface area contributed by atoms with Gasteiger partial charge in [-0.15, -0.1) is 0 Å². The van der Waals surface area contributed by atoms with E-state index in [1.54, 1.807) is 12.0 Å². The van der Waals surface area contributed by atoms with E-state index in [1.807, 2.05) is 7.11 Å². The molecule has 10 heteroatoms. The van der Waals surface area contributed by atoms with Crippen molar-refractivity contribution >= 4 is 11.8 Å². The van der Waals surface area contributed by atoms with Crippen molar-refractivity contribution in [3.8, 4) is 0 Å². The largest absolute Gasteiger partial charge is 0.394 e. The Kier molecular flexibility index (Phi) is 13.4. The van der Waals surface area contributed by atoms with Gasteiger partial charge in [-0.05, 0) is 113 Å². The van der Waals surface area contributed by atoms with Crippen LogP contribution in [0.5, 0.6) is 0 Å². The highest BCUT2D eigenvalue weighted by molar-refractivity contribution is 5.83. The van der Waals surface area contributed by atoms with Crippen LogP contribution in [0.25, 0.3) is 0 Å². The lowest BCUT2D eigenvalue weighted by Gasteiger charge is -2.62.